The maximum Gasteiger partial charge on any atom is 0.138 e. The summed E-state index contributed by atoms with van der Waals surface area (Å²) < 4.78 is 13.9. The van der Waals surface area contributed by atoms with Crippen molar-refractivity contribution in [1.82, 2.24) is 0 Å². The third kappa shape index (κ3) is 3.48. The second-order valence-corrected chi connectivity index (χ2v) is 5.05. The minimum Gasteiger partial charge on any atom is -0.397 e. The highest BCUT2D eigenvalue weighted by atomic mass is 127. The van der Waals surface area contributed by atoms with E-state index in [1.54, 1.807) is 13.0 Å². The van der Waals surface area contributed by atoms with Crippen LogP contribution in [-0.2, 0) is 0 Å². The molecule has 3 nitrogen and oxygen atoms in total. The third-order valence-corrected chi connectivity index (χ3v) is 3.19. The Balaban J connectivity index is 2.82. The zero-order chi connectivity index (χ0) is 12.3. The van der Waals surface area contributed by atoms with Crippen LogP contribution >= 0.6 is 22.6 Å². The molecule has 0 aliphatic rings. The molecule has 0 amide bonds. The molecule has 1 aromatic rings. The van der Waals surface area contributed by atoms with Gasteiger partial charge in [0.05, 0.1) is 21.0 Å². The Morgan fingerprint density at radius 2 is 2.19 bits per heavy atom. The second kappa shape index (κ2) is 5.67. The lowest BCUT2D eigenvalue weighted by Gasteiger charge is -2.22. The predicted octanol–water partition coefficient (Wildman–Crippen LogP) is 2.22. The summed E-state index contributed by atoms with van der Waals surface area (Å²) >= 11 is 1.91. The van der Waals surface area contributed by atoms with Crippen LogP contribution in [0.15, 0.2) is 12.1 Å². The molecule has 16 heavy (non-hydrogen) atoms. The zero-order valence-electron chi connectivity index (χ0n) is 9.37. The topological polar surface area (TPSA) is 49.5 Å². The molecule has 5 heteroatoms. The number of nitrogens with two attached hydrogens (primary N) is 1. The first kappa shape index (κ1) is 13.5. The Hall–Kier alpha value is -0.560. The minimum atomic E-state index is -0.364. The van der Waals surface area contributed by atoms with Crippen LogP contribution in [0, 0.1) is 9.39 Å². The number of hydrogen-bond acceptors (Lipinski definition) is 3. The van der Waals surface area contributed by atoms with Crippen LogP contribution in [0.3, 0.4) is 0 Å². The van der Waals surface area contributed by atoms with Crippen molar-refractivity contribution in [3.8, 4) is 0 Å². The molecular formula is C11H16FIN2O. The van der Waals surface area contributed by atoms with Crippen LogP contribution in [0.1, 0.15) is 13.3 Å². The lowest BCUT2D eigenvalue weighted by molar-refractivity contribution is 0.187. The summed E-state index contributed by atoms with van der Waals surface area (Å²) in [5.41, 5.74) is 7.04. The highest BCUT2D eigenvalue weighted by molar-refractivity contribution is 14.1. The number of aliphatic hydroxyl groups is 1. The molecule has 0 spiro atoms. The molecule has 0 aromatic heterocycles. The SMILES string of the molecule is CC(O)CCN(C)c1cc(F)c(I)cc1N. The van der Waals surface area contributed by atoms with E-state index in [2.05, 4.69) is 0 Å². The molecule has 1 atom stereocenters. The Bertz CT molecular complexity index is 371. The maximum atomic E-state index is 13.4. The van der Waals surface area contributed by atoms with E-state index in [-0.39, 0.29) is 11.9 Å². The summed E-state index contributed by atoms with van der Waals surface area (Å²) in [5.74, 6) is -0.270. The van der Waals surface area contributed by atoms with Crippen LogP contribution in [0.25, 0.3) is 0 Å². The molecule has 0 saturated carbocycles. The van der Waals surface area contributed by atoms with E-state index in [1.807, 2.05) is 34.5 Å². The van der Waals surface area contributed by atoms with Crippen molar-refractivity contribution in [2.24, 2.45) is 0 Å². The maximum absolute atomic E-state index is 13.4. The molecule has 1 unspecified atom stereocenters. The Morgan fingerprint density at radius 1 is 1.56 bits per heavy atom. The zero-order valence-corrected chi connectivity index (χ0v) is 11.5. The molecule has 1 aromatic carbocycles. The Kier molecular flexibility index (Phi) is 4.79. The van der Waals surface area contributed by atoms with Gasteiger partial charge in [-0.3, -0.25) is 0 Å². The van der Waals surface area contributed by atoms with Crippen LogP contribution in [0.5, 0.6) is 0 Å². The first-order valence-corrected chi connectivity index (χ1v) is 6.13. The minimum absolute atomic E-state index is 0.270. The molecule has 3 N–H and O–H groups in total. The van der Waals surface area contributed by atoms with Gasteiger partial charge in [0, 0.05) is 19.7 Å². The van der Waals surface area contributed by atoms with Crippen LogP contribution in [0.4, 0.5) is 15.8 Å². The highest BCUT2D eigenvalue weighted by Gasteiger charge is 2.10. The van der Waals surface area contributed by atoms with E-state index in [9.17, 15) is 9.50 Å². The lowest BCUT2D eigenvalue weighted by atomic mass is 10.2. The molecule has 0 saturated heterocycles. The molecule has 1 rings (SSSR count). The first-order chi connectivity index (χ1) is 7.41. The van der Waals surface area contributed by atoms with Gasteiger partial charge < -0.3 is 15.7 Å². The average molecular weight is 338 g/mol. The number of benzene rings is 1. The molecule has 0 aliphatic carbocycles. The molecule has 0 aliphatic heterocycles. The van der Waals surface area contributed by atoms with E-state index < -0.39 is 0 Å². The summed E-state index contributed by atoms with van der Waals surface area (Å²) in [6.45, 7) is 2.37. The number of anilines is 2. The van der Waals surface area contributed by atoms with Crippen molar-refractivity contribution in [1.29, 1.82) is 0 Å². The van der Waals surface area contributed by atoms with Gasteiger partial charge in [-0.05, 0) is 42.0 Å². The van der Waals surface area contributed by atoms with Crippen molar-refractivity contribution in [3.63, 3.8) is 0 Å². The van der Waals surface area contributed by atoms with Gasteiger partial charge in [-0.2, -0.15) is 0 Å². The van der Waals surface area contributed by atoms with Gasteiger partial charge in [-0.1, -0.05) is 0 Å². The monoisotopic (exact) mass is 338 g/mol. The average Bonchev–Trinajstić information content (AvgIpc) is 2.20. The first-order valence-electron chi connectivity index (χ1n) is 5.05. The largest absolute Gasteiger partial charge is 0.397 e. The molecule has 0 heterocycles. The molecule has 0 radical (unpaired) electrons. The van der Waals surface area contributed by atoms with E-state index in [0.717, 1.165) is 0 Å². The predicted molar refractivity (Wildman–Crippen MR) is 73.1 cm³/mol. The summed E-state index contributed by atoms with van der Waals surface area (Å²) in [7, 11) is 1.83. The van der Waals surface area contributed by atoms with Gasteiger partial charge in [0.1, 0.15) is 5.82 Å². The molecular weight excluding hydrogens is 322 g/mol. The van der Waals surface area contributed by atoms with E-state index in [0.29, 0.717) is 27.9 Å². The summed E-state index contributed by atoms with van der Waals surface area (Å²) in [6.07, 6.45) is 0.265. The Labute approximate surface area is 109 Å². The highest BCUT2D eigenvalue weighted by Crippen LogP contribution is 2.26. The van der Waals surface area contributed by atoms with Gasteiger partial charge in [-0.15, -0.1) is 0 Å². The quantitative estimate of drug-likeness (QED) is 0.654. The van der Waals surface area contributed by atoms with Crippen molar-refractivity contribution >= 4 is 34.0 Å². The smallest absolute Gasteiger partial charge is 0.138 e. The van der Waals surface area contributed by atoms with Crippen LogP contribution in [0.2, 0.25) is 0 Å². The molecule has 0 fully saturated rings. The van der Waals surface area contributed by atoms with E-state index in [4.69, 9.17) is 5.73 Å². The van der Waals surface area contributed by atoms with Gasteiger partial charge in [-0.25, -0.2) is 4.39 Å². The molecule has 0 bridgehead atoms. The summed E-state index contributed by atoms with van der Waals surface area (Å²) in [5, 5.41) is 9.18. The fourth-order valence-corrected chi connectivity index (χ4v) is 1.87. The van der Waals surface area contributed by atoms with E-state index in [1.165, 1.54) is 6.07 Å². The fraction of sp³-hybridized carbons (Fsp3) is 0.455. The van der Waals surface area contributed by atoms with Gasteiger partial charge in [0.2, 0.25) is 0 Å². The van der Waals surface area contributed by atoms with Crippen molar-refractivity contribution in [2.45, 2.75) is 19.4 Å². The normalized spacial score (nSPS) is 12.6. The van der Waals surface area contributed by atoms with Crippen molar-refractivity contribution in [2.75, 3.05) is 24.2 Å². The number of nitrogens with zero attached hydrogens (tertiary/aromatic N) is 1. The van der Waals surface area contributed by atoms with Crippen LogP contribution in [-0.4, -0.2) is 24.8 Å². The standard InChI is InChI=1S/C11H16FIN2O/c1-7(16)3-4-15(2)11-5-8(12)9(13)6-10(11)14/h5-7,16H,3-4,14H2,1-2H3. The van der Waals surface area contributed by atoms with Gasteiger partial charge in [0.25, 0.3) is 0 Å². The van der Waals surface area contributed by atoms with E-state index >= 15 is 0 Å². The number of halogens is 2. The lowest BCUT2D eigenvalue weighted by Crippen LogP contribution is -2.23. The van der Waals surface area contributed by atoms with Gasteiger partial charge >= 0.3 is 0 Å². The molecule has 90 valence electrons. The van der Waals surface area contributed by atoms with Gasteiger partial charge in [0.15, 0.2) is 0 Å². The second-order valence-electron chi connectivity index (χ2n) is 3.88. The number of aliphatic hydroxyl groups excluding tert-OH is 1. The third-order valence-electron chi connectivity index (χ3n) is 2.36. The number of hydrogen-bond donors (Lipinski definition) is 2. The number of nitrogen functional groups attached to an aromatic ring is 1. The fourth-order valence-electron chi connectivity index (χ4n) is 1.38. The van der Waals surface area contributed by atoms with Crippen molar-refractivity contribution < 1.29 is 9.50 Å². The summed E-state index contributed by atoms with van der Waals surface area (Å²) in [4.78, 5) is 1.85. The Morgan fingerprint density at radius 3 is 2.75 bits per heavy atom. The van der Waals surface area contributed by atoms with Crippen molar-refractivity contribution in [3.05, 3.63) is 21.5 Å². The van der Waals surface area contributed by atoms with Crippen LogP contribution < -0.4 is 10.6 Å². The number of rotatable bonds is 4. The summed E-state index contributed by atoms with van der Waals surface area (Å²) in [6, 6.07) is 3.04.